The molecule has 0 saturated carbocycles. The molecule has 22 heavy (non-hydrogen) atoms. The van der Waals surface area contributed by atoms with Crippen LogP contribution in [-0.4, -0.2) is 52.8 Å². The molecule has 0 spiro atoms. The Hall–Kier alpha value is -1.80. The van der Waals surface area contributed by atoms with Crippen LogP contribution in [0.3, 0.4) is 0 Å². The maximum absolute atomic E-state index is 5.07. The Bertz CT molecular complexity index is 584. The molecule has 3 rings (SSSR count). The number of piperidine rings is 1. The summed E-state index contributed by atoms with van der Waals surface area (Å²) in [5.74, 6) is 1.69. The average Bonchev–Trinajstić information content (AvgIpc) is 3.04. The monoisotopic (exact) mass is 320 g/mol. The molecule has 1 aliphatic rings. The number of methoxy groups -OCH3 is 1. The van der Waals surface area contributed by atoms with E-state index < -0.39 is 0 Å². The summed E-state index contributed by atoms with van der Waals surface area (Å²) in [6, 6.07) is 4.41. The van der Waals surface area contributed by atoms with Crippen molar-refractivity contribution in [3.8, 4) is 0 Å². The van der Waals surface area contributed by atoms with Gasteiger partial charge in [0.25, 0.3) is 0 Å². The van der Waals surface area contributed by atoms with Gasteiger partial charge in [0.05, 0.1) is 0 Å². The van der Waals surface area contributed by atoms with E-state index in [1.165, 1.54) is 11.5 Å². The zero-order valence-electron chi connectivity index (χ0n) is 12.8. The lowest BCUT2D eigenvalue weighted by Gasteiger charge is -2.36. The number of hydrogen-bond acceptors (Lipinski definition) is 8. The summed E-state index contributed by atoms with van der Waals surface area (Å²) in [5.41, 5.74) is 0. The van der Waals surface area contributed by atoms with Gasteiger partial charge < -0.3 is 14.5 Å². The number of rotatable bonds is 5. The quantitative estimate of drug-likeness (QED) is 0.828. The standard InChI is InChI=1S/C14H20N6OS/c1-19(13-4-3-7-15-17-13)11-5-8-20(9-6-11)14-16-12(10-21-2)18-22-14/h3-4,7,11H,5-6,8-10H2,1-2H3. The maximum Gasteiger partial charge on any atom is 0.205 e. The molecule has 0 amide bonds. The Morgan fingerprint density at radius 2 is 2.23 bits per heavy atom. The summed E-state index contributed by atoms with van der Waals surface area (Å²) in [6.45, 7) is 2.44. The van der Waals surface area contributed by atoms with E-state index in [1.54, 1.807) is 13.3 Å². The van der Waals surface area contributed by atoms with Gasteiger partial charge in [-0.2, -0.15) is 9.47 Å². The largest absolute Gasteiger partial charge is 0.377 e. The van der Waals surface area contributed by atoms with Gasteiger partial charge in [-0.15, -0.1) is 5.10 Å². The molecule has 0 aromatic carbocycles. The van der Waals surface area contributed by atoms with Gasteiger partial charge in [-0.25, -0.2) is 4.98 Å². The molecule has 0 atom stereocenters. The molecular weight excluding hydrogens is 300 g/mol. The second kappa shape index (κ2) is 6.97. The third kappa shape index (κ3) is 3.33. The van der Waals surface area contributed by atoms with Crippen molar-refractivity contribution in [2.75, 3.05) is 37.0 Å². The van der Waals surface area contributed by atoms with E-state index in [9.17, 15) is 0 Å². The van der Waals surface area contributed by atoms with Crippen LogP contribution in [0.4, 0.5) is 10.9 Å². The van der Waals surface area contributed by atoms with Gasteiger partial charge in [-0.1, -0.05) is 0 Å². The number of ether oxygens (including phenoxy) is 1. The van der Waals surface area contributed by atoms with Gasteiger partial charge >= 0.3 is 0 Å². The molecule has 0 N–H and O–H groups in total. The smallest absolute Gasteiger partial charge is 0.205 e. The summed E-state index contributed by atoms with van der Waals surface area (Å²) < 4.78 is 9.39. The normalized spacial score (nSPS) is 16.0. The third-order valence-electron chi connectivity index (χ3n) is 3.93. The second-order valence-corrected chi connectivity index (χ2v) is 6.07. The van der Waals surface area contributed by atoms with Gasteiger partial charge in [-0.3, -0.25) is 0 Å². The highest BCUT2D eigenvalue weighted by Crippen LogP contribution is 2.25. The highest BCUT2D eigenvalue weighted by Gasteiger charge is 2.25. The first-order valence-electron chi connectivity index (χ1n) is 7.35. The van der Waals surface area contributed by atoms with Crippen LogP contribution < -0.4 is 9.80 Å². The van der Waals surface area contributed by atoms with Crippen LogP contribution in [0.15, 0.2) is 18.3 Å². The first-order chi connectivity index (χ1) is 10.8. The van der Waals surface area contributed by atoms with E-state index in [1.807, 2.05) is 12.1 Å². The fraction of sp³-hybridized carbons (Fsp3) is 0.571. The van der Waals surface area contributed by atoms with Crippen LogP contribution in [0.25, 0.3) is 0 Å². The molecule has 0 aliphatic carbocycles. The van der Waals surface area contributed by atoms with Crippen LogP contribution in [-0.2, 0) is 11.3 Å². The predicted octanol–water partition coefficient (Wildman–Crippen LogP) is 1.58. The molecular formula is C14H20N6OS. The highest BCUT2D eigenvalue weighted by molar-refractivity contribution is 7.09. The molecule has 8 heteroatoms. The van der Waals surface area contributed by atoms with Crippen LogP contribution in [0, 0.1) is 0 Å². The van der Waals surface area contributed by atoms with Crippen LogP contribution in [0.5, 0.6) is 0 Å². The summed E-state index contributed by atoms with van der Waals surface area (Å²) in [4.78, 5) is 9.05. The fourth-order valence-electron chi connectivity index (χ4n) is 2.67. The van der Waals surface area contributed by atoms with Crippen LogP contribution in [0.2, 0.25) is 0 Å². The molecule has 0 radical (unpaired) electrons. The number of hydrogen-bond donors (Lipinski definition) is 0. The molecule has 3 heterocycles. The van der Waals surface area contributed by atoms with Gasteiger partial charge in [0.2, 0.25) is 5.13 Å². The topological polar surface area (TPSA) is 67.3 Å². The zero-order valence-corrected chi connectivity index (χ0v) is 13.7. The highest BCUT2D eigenvalue weighted by atomic mass is 32.1. The SMILES string of the molecule is COCc1nsc(N2CCC(N(C)c3cccnn3)CC2)n1. The van der Waals surface area contributed by atoms with E-state index in [4.69, 9.17) is 4.74 Å². The van der Waals surface area contributed by atoms with Gasteiger partial charge in [-0.05, 0) is 25.0 Å². The Kier molecular flexibility index (Phi) is 4.79. The van der Waals surface area contributed by atoms with Crippen molar-refractivity contribution in [2.24, 2.45) is 0 Å². The Labute approximate surface area is 134 Å². The minimum absolute atomic E-state index is 0.475. The Balaban J connectivity index is 1.57. The van der Waals surface area contributed by atoms with Crippen molar-refractivity contribution in [3.05, 3.63) is 24.2 Å². The molecule has 0 unspecified atom stereocenters. The van der Waals surface area contributed by atoms with Crippen LogP contribution >= 0.6 is 11.5 Å². The third-order valence-corrected chi connectivity index (χ3v) is 4.75. The van der Waals surface area contributed by atoms with Crippen molar-refractivity contribution in [3.63, 3.8) is 0 Å². The Morgan fingerprint density at radius 1 is 1.41 bits per heavy atom. The summed E-state index contributed by atoms with van der Waals surface area (Å²) in [7, 11) is 3.75. The Morgan fingerprint density at radius 3 is 2.91 bits per heavy atom. The summed E-state index contributed by atoms with van der Waals surface area (Å²) in [6.07, 6.45) is 3.85. The van der Waals surface area contributed by atoms with Crippen molar-refractivity contribution in [1.29, 1.82) is 0 Å². The van der Waals surface area contributed by atoms with Gasteiger partial charge in [0, 0.05) is 51.0 Å². The molecule has 118 valence electrons. The van der Waals surface area contributed by atoms with E-state index in [2.05, 4.69) is 36.4 Å². The molecule has 1 fully saturated rings. The van der Waals surface area contributed by atoms with Crippen molar-refractivity contribution in [1.82, 2.24) is 19.6 Å². The lowest BCUT2D eigenvalue weighted by atomic mass is 10.0. The van der Waals surface area contributed by atoms with E-state index >= 15 is 0 Å². The first-order valence-corrected chi connectivity index (χ1v) is 8.12. The molecule has 2 aromatic rings. The van der Waals surface area contributed by atoms with Crippen molar-refractivity contribution in [2.45, 2.75) is 25.5 Å². The second-order valence-electron chi connectivity index (χ2n) is 5.34. The van der Waals surface area contributed by atoms with Gasteiger partial charge in [0.1, 0.15) is 6.61 Å². The molecule has 1 saturated heterocycles. The zero-order chi connectivity index (χ0) is 15.4. The van der Waals surface area contributed by atoms with Crippen LogP contribution in [0.1, 0.15) is 18.7 Å². The molecule has 0 bridgehead atoms. The minimum atomic E-state index is 0.475. The summed E-state index contributed by atoms with van der Waals surface area (Å²) >= 11 is 1.45. The summed E-state index contributed by atoms with van der Waals surface area (Å²) in [5, 5.41) is 9.13. The molecule has 2 aromatic heterocycles. The fourth-order valence-corrected chi connectivity index (χ4v) is 3.40. The van der Waals surface area contributed by atoms with Crippen molar-refractivity contribution < 1.29 is 4.74 Å². The first kappa shape index (κ1) is 15.1. The minimum Gasteiger partial charge on any atom is -0.377 e. The predicted molar refractivity (Wildman–Crippen MR) is 86.3 cm³/mol. The molecule has 1 aliphatic heterocycles. The van der Waals surface area contributed by atoms with E-state index in [0.717, 1.165) is 42.7 Å². The van der Waals surface area contributed by atoms with Crippen molar-refractivity contribution >= 4 is 22.5 Å². The van der Waals surface area contributed by atoms with E-state index in [-0.39, 0.29) is 0 Å². The number of anilines is 2. The number of nitrogens with zero attached hydrogens (tertiary/aromatic N) is 6. The molecule has 7 nitrogen and oxygen atoms in total. The average molecular weight is 320 g/mol. The van der Waals surface area contributed by atoms with Gasteiger partial charge in [0.15, 0.2) is 11.6 Å². The lowest BCUT2D eigenvalue weighted by Crippen LogP contribution is -2.43. The van der Waals surface area contributed by atoms with E-state index in [0.29, 0.717) is 12.6 Å². The lowest BCUT2D eigenvalue weighted by molar-refractivity contribution is 0.179. The maximum atomic E-state index is 5.07. The number of aromatic nitrogens is 4.